The first kappa shape index (κ1) is 23.8. The molecule has 0 spiro atoms. The Hall–Kier alpha value is -3.53. The van der Waals surface area contributed by atoms with Gasteiger partial charge < -0.3 is 20.1 Å². The number of nitrogens with zero attached hydrogens (tertiary/aromatic N) is 4. The van der Waals surface area contributed by atoms with Gasteiger partial charge in [-0.1, -0.05) is 0 Å². The van der Waals surface area contributed by atoms with Crippen LogP contribution in [0.4, 0.5) is 38.5 Å². The van der Waals surface area contributed by atoms with Crippen LogP contribution in [0.1, 0.15) is 36.8 Å². The van der Waals surface area contributed by atoms with Crippen LogP contribution in [0.2, 0.25) is 0 Å². The van der Waals surface area contributed by atoms with Crippen LogP contribution in [-0.4, -0.2) is 61.4 Å². The maximum absolute atomic E-state index is 15.0. The predicted molar refractivity (Wildman–Crippen MR) is 113 cm³/mol. The van der Waals surface area contributed by atoms with E-state index in [9.17, 15) is 22.4 Å². The summed E-state index contributed by atoms with van der Waals surface area (Å²) in [5.74, 6) is -0.0816. The minimum atomic E-state index is -4.87. The molecule has 0 radical (unpaired) electrons. The molecule has 2 bridgehead atoms. The number of H-pyrrole nitrogens is 1. The van der Waals surface area contributed by atoms with E-state index in [1.807, 2.05) is 0 Å². The summed E-state index contributed by atoms with van der Waals surface area (Å²) in [4.78, 5) is 19.8. The van der Waals surface area contributed by atoms with Crippen LogP contribution in [0, 0.1) is 11.7 Å². The number of ether oxygens (including phenoxy) is 3. The zero-order valence-electron chi connectivity index (χ0n) is 18.9. The zero-order chi connectivity index (χ0) is 25.9. The summed E-state index contributed by atoms with van der Waals surface area (Å²) in [6.07, 6.45) is -4.66. The van der Waals surface area contributed by atoms with Gasteiger partial charge in [-0.3, -0.25) is 14.2 Å². The minimum Gasteiger partial charge on any atom is -0.441 e. The van der Waals surface area contributed by atoms with Crippen molar-refractivity contribution in [2.75, 3.05) is 11.9 Å². The van der Waals surface area contributed by atoms with E-state index < -0.39 is 43.3 Å². The van der Waals surface area contributed by atoms with Gasteiger partial charge in [-0.25, -0.2) is 23.5 Å². The second kappa shape index (κ2) is 8.51. The van der Waals surface area contributed by atoms with E-state index in [1.165, 1.54) is 6.07 Å². The van der Waals surface area contributed by atoms with Crippen molar-refractivity contribution in [2.24, 2.45) is 5.92 Å². The number of imidazole rings is 1. The highest BCUT2D eigenvalue weighted by molar-refractivity contribution is 5.69. The fraction of sp³-hybridized carbons (Fsp3) is 0.524. The van der Waals surface area contributed by atoms with Crippen LogP contribution in [0.5, 0.6) is 0 Å². The van der Waals surface area contributed by atoms with Gasteiger partial charge in [0.05, 0.1) is 30.8 Å². The van der Waals surface area contributed by atoms with Crippen LogP contribution in [0.15, 0.2) is 18.5 Å². The number of carbonyl (C=O) groups excluding carboxylic acids is 1. The molecule has 3 saturated carbocycles. The maximum atomic E-state index is 15.0. The van der Waals surface area contributed by atoms with Crippen LogP contribution in [-0.2, 0) is 20.8 Å². The third-order valence-electron chi connectivity index (χ3n) is 6.77. The van der Waals surface area contributed by atoms with Crippen LogP contribution < -0.4 is 10.6 Å². The third kappa shape index (κ3) is 4.54. The Morgan fingerprint density at radius 1 is 1.32 bits per heavy atom. The molecule has 11 nitrogen and oxygen atoms in total. The average Bonchev–Trinajstić information content (AvgIpc) is 3.50. The van der Waals surface area contributed by atoms with Gasteiger partial charge in [0.1, 0.15) is 6.10 Å². The second-order valence-corrected chi connectivity index (χ2v) is 9.45. The number of carbonyl (C=O) groups is 1. The highest BCUT2D eigenvalue weighted by Gasteiger charge is 2.58. The zero-order valence-corrected chi connectivity index (χ0v) is 18.9. The van der Waals surface area contributed by atoms with Gasteiger partial charge in [0.2, 0.25) is 5.95 Å². The smallest absolute Gasteiger partial charge is 0.441 e. The van der Waals surface area contributed by atoms with Gasteiger partial charge in [0, 0.05) is 17.8 Å². The second-order valence-electron chi connectivity index (χ2n) is 9.45. The fourth-order valence-corrected chi connectivity index (χ4v) is 4.93. The molecule has 198 valence electrons. The summed E-state index contributed by atoms with van der Waals surface area (Å²) < 4.78 is 81.7. The Bertz CT molecular complexity index is 1330. The summed E-state index contributed by atoms with van der Waals surface area (Å²) in [6.45, 7) is -1.06. The van der Waals surface area contributed by atoms with Crippen LogP contribution in [0.3, 0.4) is 0 Å². The van der Waals surface area contributed by atoms with Gasteiger partial charge in [-0.05, 0) is 25.2 Å². The molecule has 0 aromatic carbocycles. The predicted octanol–water partition coefficient (Wildman–Crippen LogP) is 3.43. The molecule has 3 aromatic heterocycles. The van der Waals surface area contributed by atoms with Crippen LogP contribution >= 0.6 is 0 Å². The summed E-state index contributed by atoms with van der Waals surface area (Å²) in [5.41, 5.74) is -0.422. The SMILES string of the molecule is O=C(NC12CC(C1)C2)O[C@@H]1CO[C@H](c2cc(Nc3ncc(F)c4nc(COC(F)(F)F)cn34)n[nH]2)[C@@H]1F. The number of hydrogen-bond acceptors (Lipinski definition) is 8. The third-order valence-corrected chi connectivity index (χ3v) is 6.77. The molecule has 3 N–H and O–H groups in total. The van der Waals surface area contributed by atoms with Gasteiger partial charge >= 0.3 is 12.5 Å². The molecule has 4 aliphatic rings. The van der Waals surface area contributed by atoms with Crippen molar-refractivity contribution in [1.82, 2.24) is 29.9 Å². The Morgan fingerprint density at radius 2 is 2.11 bits per heavy atom. The van der Waals surface area contributed by atoms with Gasteiger partial charge in [0.15, 0.2) is 29.6 Å². The standard InChI is InChI=1S/C21H20F5N7O4/c22-11-5-27-18(33-6-10(28-17(11)33)7-36-21(24,25)26)29-14-1-12(31-32-14)16-15(23)13(8-35-16)37-19(34)30-20-2-9(3-20)4-20/h1,5-6,9,13,15-16H,2-4,7-8H2,(H,30,34)(H2,27,29,31,32)/t9?,13-,15-,16-,20?/m1/s1. The minimum absolute atomic E-state index is 0.0177. The van der Waals surface area contributed by atoms with Crippen molar-refractivity contribution in [1.29, 1.82) is 0 Å². The first-order chi connectivity index (χ1) is 17.6. The number of nitrogens with one attached hydrogen (secondary N) is 3. The lowest BCUT2D eigenvalue weighted by Crippen LogP contribution is -2.68. The largest absolute Gasteiger partial charge is 0.522 e. The number of fused-ring (bicyclic) bond motifs is 1. The molecular weight excluding hydrogens is 509 g/mol. The molecule has 3 aromatic rings. The van der Waals surface area contributed by atoms with Gasteiger partial charge in [-0.15, -0.1) is 13.2 Å². The molecule has 37 heavy (non-hydrogen) atoms. The van der Waals surface area contributed by atoms with Gasteiger partial charge in [0.25, 0.3) is 0 Å². The lowest BCUT2D eigenvalue weighted by molar-refractivity contribution is -0.330. The number of anilines is 2. The maximum Gasteiger partial charge on any atom is 0.522 e. The van der Waals surface area contributed by atoms with E-state index in [-0.39, 0.29) is 40.9 Å². The summed E-state index contributed by atoms with van der Waals surface area (Å²) in [7, 11) is 0. The summed E-state index contributed by atoms with van der Waals surface area (Å²) >= 11 is 0. The first-order valence-electron chi connectivity index (χ1n) is 11.4. The Labute approximate surface area is 204 Å². The van der Waals surface area contributed by atoms with Crippen molar-refractivity contribution >= 4 is 23.5 Å². The van der Waals surface area contributed by atoms with E-state index in [0.29, 0.717) is 5.92 Å². The van der Waals surface area contributed by atoms with Crippen LogP contribution in [0.25, 0.3) is 5.65 Å². The molecule has 1 amide bonds. The van der Waals surface area contributed by atoms with Crippen molar-refractivity contribution in [3.63, 3.8) is 0 Å². The number of alkyl carbamates (subject to hydrolysis) is 1. The molecule has 1 aliphatic heterocycles. The molecule has 4 heterocycles. The van der Waals surface area contributed by atoms with E-state index in [4.69, 9.17) is 9.47 Å². The molecule has 4 fully saturated rings. The quantitative estimate of drug-likeness (QED) is 0.398. The Kier molecular flexibility index (Phi) is 5.48. The van der Waals surface area contributed by atoms with Crippen molar-refractivity contribution in [2.45, 2.75) is 56.2 Å². The van der Waals surface area contributed by atoms with E-state index >= 15 is 4.39 Å². The lowest BCUT2D eigenvalue weighted by Gasteiger charge is -2.61. The van der Waals surface area contributed by atoms with E-state index in [2.05, 4.69) is 35.5 Å². The van der Waals surface area contributed by atoms with E-state index in [0.717, 1.165) is 36.1 Å². The monoisotopic (exact) mass is 529 g/mol. The topological polar surface area (TPSA) is 128 Å². The fourth-order valence-electron chi connectivity index (χ4n) is 4.93. The van der Waals surface area contributed by atoms with Gasteiger partial charge in [-0.2, -0.15) is 5.10 Å². The normalized spacial score (nSPS) is 28.6. The molecule has 16 heteroatoms. The number of amides is 1. The summed E-state index contributed by atoms with van der Waals surface area (Å²) in [5, 5.41) is 12.2. The molecular formula is C21H20F5N7O4. The number of alkyl halides is 4. The van der Waals surface area contributed by atoms with Crippen molar-refractivity contribution < 1.29 is 41.0 Å². The Balaban J connectivity index is 1.11. The number of rotatable bonds is 7. The molecule has 3 aliphatic carbocycles. The number of halogens is 5. The highest BCUT2D eigenvalue weighted by Crippen LogP contribution is 2.57. The molecule has 3 atom stereocenters. The number of aromatic nitrogens is 5. The van der Waals surface area contributed by atoms with E-state index in [1.54, 1.807) is 0 Å². The first-order valence-corrected chi connectivity index (χ1v) is 11.4. The summed E-state index contributed by atoms with van der Waals surface area (Å²) in [6, 6.07) is 1.42. The number of aromatic amines is 1. The van der Waals surface area contributed by atoms with Crippen molar-refractivity contribution in [3.05, 3.63) is 35.7 Å². The molecule has 1 saturated heterocycles. The number of hydrogen-bond donors (Lipinski definition) is 3. The van der Waals surface area contributed by atoms with Crippen molar-refractivity contribution in [3.8, 4) is 0 Å². The molecule has 7 rings (SSSR count). The highest BCUT2D eigenvalue weighted by atomic mass is 19.4. The Morgan fingerprint density at radius 3 is 2.81 bits per heavy atom. The average molecular weight is 529 g/mol. The lowest BCUT2D eigenvalue weighted by atomic mass is 9.50. The molecule has 0 unspecified atom stereocenters.